The molecule has 4 nitrogen and oxygen atoms in total. The number of nitro groups is 1. The van der Waals surface area contributed by atoms with Gasteiger partial charge in [-0.2, -0.15) is 4.39 Å². The molecule has 0 radical (unpaired) electrons. The van der Waals surface area contributed by atoms with Gasteiger partial charge in [-0.05, 0) is 13.0 Å². The van der Waals surface area contributed by atoms with Gasteiger partial charge in [-0.25, -0.2) is 4.39 Å². The molecule has 1 aromatic carbocycles. The van der Waals surface area contributed by atoms with Crippen LogP contribution in [0.15, 0.2) is 12.1 Å². The molecule has 76 valence electrons. The molecule has 1 rings (SSSR count). The molecule has 0 fully saturated rings. The summed E-state index contributed by atoms with van der Waals surface area (Å²) in [6.07, 6.45) is -1.20. The third kappa shape index (κ3) is 1.85. The number of hydrogen-bond acceptors (Lipinski definition) is 3. The highest BCUT2D eigenvalue weighted by atomic mass is 19.1. The molecule has 1 atom stereocenters. The lowest BCUT2D eigenvalue weighted by Crippen LogP contribution is -2.00. The number of nitrogens with zero attached hydrogens (tertiary/aromatic N) is 1. The zero-order chi connectivity index (χ0) is 10.9. The Bertz CT molecular complexity index is 379. The molecule has 0 aliphatic rings. The number of halogens is 2. The summed E-state index contributed by atoms with van der Waals surface area (Å²) in [5, 5.41) is 19.2. The van der Waals surface area contributed by atoms with Gasteiger partial charge in [0.1, 0.15) is 5.82 Å². The van der Waals surface area contributed by atoms with Gasteiger partial charge in [0.2, 0.25) is 5.82 Å². The Kier molecular flexibility index (Phi) is 2.76. The van der Waals surface area contributed by atoms with Crippen molar-refractivity contribution in [2.45, 2.75) is 13.0 Å². The SMILES string of the molecule is C[C@@H](O)c1cc(F)c([N+](=O)[O-])cc1F. The predicted molar refractivity (Wildman–Crippen MR) is 43.6 cm³/mol. The predicted octanol–water partition coefficient (Wildman–Crippen LogP) is 1.93. The van der Waals surface area contributed by atoms with E-state index in [0.29, 0.717) is 12.1 Å². The highest BCUT2D eigenvalue weighted by Crippen LogP contribution is 2.24. The van der Waals surface area contributed by atoms with Crippen LogP contribution in [0.1, 0.15) is 18.6 Å². The summed E-state index contributed by atoms with van der Waals surface area (Å²) in [6.45, 7) is 1.24. The van der Waals surface area contributed by atoms with E-state index in [9.17, 15) is 18.9 Å². The third-order valence-corrected chi connectivity index (χ3v) is 1.71. The summed E-state index contributed by atoms with van der Waals surface area (Å²) >= 11 is 0. The van der Waals surface area contributed by atoms with Gasteiger partial charge in [-0.3, -0.25) is 10.1 Å². The van der Waals surface area contributed by atoms with Crippen molar-refractivity contribution in [3.63, 3.8) is 0 Å². The minimum atomic E-state index is -1.20. The number of rotatable bonds is 2. The van der Waals surface area contributed by atoms with Gasteiger partial charge in [0, 0.05) is 5.56 Å². The normalized spacial score (nSPS) is 12.6. The van der Waals surface area contributed by atoms with Crippen LogP contribution in [0, 0.1) is 21.7 Å². The Morgan fingerprint density at radius 3 is 2.43 bits per heavy atom. The van der Waals surface area contributed by atoms with E-state index in [4.69, 9.17) is 5.11 Å². The van der Waals surface area contributed by atoms with Crippen LogP contribution in [-0.4, -0.2) is 10.0 Å². The van der Waals surface area contributed by atoms with E-state index >= 15 is 0 Å². The van der Waals surface area contributed by atoms with Gasteiger partial charge in [-0.15, -0.1) is 0 Å². The van der Waals surface area contributed by atoms with Crippen LogP contribution in [0.5, 0.6) is 0 Å². The zero-order valence-corrected chi connectivity index (χ0v) is 7.20. The Balaban J connectivity index is 3.31. The fourth-order valence-electron chi connectivity index (χ4n) is 1.01. The van der Waals surface area contributed by atoms with E-state index in [1.54, 1.807) is 0 Å². The minimum Gasteiger partial charge on any atom is -0.389 e. The second kappa shape index (κ2) is 3.67. The third-order valence-electron chi connectivity index (χ3n) is 1.71. The molecule has 0 aromatic heterocycles. The highest BCUT2D eigenvalue weighted by Gasteiger charge is 2.20. The van der Waals surface area contributed by atoms with E-state index in [-0.39, 0.29) is 5.56 Å². The second-order valence-electron chi connectivity index (χ2n) is 2.76. The molecule has 0 heterocycles. The lowest BCUT2D eigenvalue weighted by atomic mass is 10.1. The first-order chi connectivity index (χ1) is 6.43. The molecule has 6 heteroatoms. The van der Waals surface area contributed by atoms with Crippen LogP contribution in [0.3, 0.4) is 0 Å². The maximum Gasteiger partial charge on any atom is 0.307 e. The average molecular weight is 203 g/mol. The van der Waals surface area contributed by atoms with Crippen LogP contribution in [0.25, 0.3) is 0 Å². The van der Waals surface area contributed by atoms with Crippen molar-refractivity contribution in [1.29, 1.82) is 0 Å². The monoisotopic (exact) mass is 203 g/mol. The summed E-state index contributed by atoms with van der Waals surface area (Å²) in [7, 11) is 0. The lowest BCUT2D eigenvalue weighted by Gasteiger charge is -2.05. The summed E-state index contributed by atoms with van der Waals surface area (Å²) < 4.78 is 25.9. The van der Waals surface area contributed by atoms with Gasteiger partial charge < -0.3 is 5.11 Å². The maximum absolute atomic E-state index is 13.0. The van der Waals surface area contributed by atoms with Crippen LogP contribution in [-0.2, 0) is 0 Å². The molecule has 1 N–H and O–H groups in total. The minimum absolute atomic E-state index is 0.298. The van der Waals surface area contributed by atoms with Crippen molar-refractivity contribution in [2.75, 3.05) is 0 Å². The molecular formula is C8H7F2NO3. The largest absolute Gasteiger partial charge is 0.389 e. The fourth-order valence-corrected chi connectivity index (χ4v) is 1.01. The maximum atomic E-state index is 13.0. The smallest absolute Gasteiger partial charge is 0.307 e. The van der Waals surface area contributed by atoms with E-state index < -0.39 is 28.3 Å². The molecule has 0 saturated carbocycles. The molecular weight excluding hydrogens is 196 g/mol. The van der Waals surface area contributed by atoms with Gasteiger partial charge >= 0.3 is 5.69 Å². The highest BCUT2D eigenvalue weighted by molar-refractivity contribution is 5.36. The topological polar surface area (TPSA) is 63.4 Å². The first kappa shape index (κ1) is 10.5. The van der Waals surface area contributed by atoms with Gasteiger partial charge in [0.05, 0.1) is 17.1 Å². The summed E-state index contributed by atoms with van der Waals surface area (Å²) in [6, 6.07) is 1.08. The van der Waals surface area contributed by atoms with E-state index in [1.165, 1.54) is 6.92 Å². The van der Waals surface area contributed by atoms with E-state index in [1.807, 2.05) is 0 Å². The number of aliphatic hydroxyl groups excluding tert-OH is 1. The number of nitro benzene ring substituents is 1. The number of hydrogen-bond donors (Lipinski definition) is 1. The average Bonchev–Trinajstić information content (AvgIpc) is 2.07. The first-order valence-electron chi connectivity index (χ1n) is 3.75. The van der Waals surface area contributed by atoms with Crippen LogP contribution in [0.2, 0.25) is 0 Å². The van der Waals surface area contributed by atoms with Crippen molar-refractivity contribution in [2.24, 2.45) is 0 Å². The Labute approximate surface area is 77.9 Å². The van der Waals surface area contributed by atoms with Crippen molar-refractivity contribution in [3.05, 3.63) is 39.4 Å². The van der Waals surface area contributed by atoms with Gasteiger partial charge in [-0.1, -0.05) is 0 Å². The second-order valence-corrected chi connectivity index (χ2v) is 2.76. The fraction of sp³-hybridized carbons (Fsp3) is 0.250. The molecule has 0 bridgehead atoms. The summed E-state index contributed by atoms with van der Waals surface area (Å²) in [5.74, 6) is -2.15. The van der Waals surface area contributed by atoms with Crippen LogP contribution >= 0.6 is 0 Å². The number of benzene rings is 1. The molecule has 1 aromatic rings. The molecule has 0 aliphatic heterocycles. The molecule has 0 aliphatic carbocycles. The summed E-state index contributed by atoms with van der Waals surface area (Å²) in [5.41, 5.74) is -1.24. The van der Waals surface area contributed by atoms with Gasteiger partial charge in [0.15, 0.2) is 0 Å². The molecule has 0 amide bonds. The molecule has 0 spiro atoms. The lowest BCUT2D eigenvalue weighted by molar-refractivity contribution is -0.387. The Morgan fingerprint density at radius 1 is 1.43 bits per heavy atom. The van der Waals surface area contributed by atoms with Crippen molar-refractivity contribution in [3.8, 4) is 0 Å². The molecule has 14 heavy (non-hydrogen) atoms. The number of aliphatic hydroxyl groups is 1. The molecule has 0 saturated heterocycles. The van der Waals surface area contributed by atoms with Gasteiger partial charge in [0.25, 0.3) is 0 Å². The molecule has 0 unspecified atom stereocenters. The zero-order valence-electron chi connectivity index (χ0n) is 7.20. The van der Waals surface area contributed by atoms with Crippen molar-refractivity contribution >= 4 is 5.69 Å². The quantitative estimate of drug-likeness (QED) is 0.590. The Morgan fingerprint density at radius 2 is 2.00 bits per heavy atom. The van der Waals surface area contributed by atoms with E-state index in [2.05, 4.69) is 0 Å². The first-order valence-corrected chi connectivity index (χ1v) is 3.75. The van der Waals surface area contributed by atoms with Crippen LogP contribution in [0.4, 0.5) is 14.5 Å². The van der Waals surface area contributed by atoms with Crippen molar-refractivity contribution in [1.82, 2.24) is 0 Å². The Hall–Kier alpha value is -1.56. The summed E-state index contributed by atoms with van der Waals surface area (Å²) in [4.78, 5) is 9.17. The van der Waals surface area contributed by atoms with E-state index in [0.717, 1.165) is 0 Å². The van der Waals surface area contributed by atoms with Crippen LogP contribution < -0.4 is 0 Å². The van der Waals surface area contributed by atoms with Crippen molar-refractivity contribution < 1.29 is 18.8 Å². The standard InChI is InChI=1S/C8H7F2NO3/c1-4(12)5-2-7(10)8(11(13)14)3-6(5)9/h2-4,12H,1H3/t4-/m1/s1.